The molecule has 2 N–H and O–H groups in total. The fourth-order valence-electron chi connectivity index (χ4n) is 2.84. The molecule has 0 aromatic carbocycles. The molecule has 2 aliphatic rings. The van der Waals surface area contributed by atoms with Crippen LogP contribution in [0, 0.1) is 5.41 Å². The molecule has 1 saturated heterocycles. The van der Waals surface area contributed by atoms with Crippen molar-refractivity contribution in [1.82, 2.24) is 4.90 Å². The average molecular weight is 242 g/mol. The van der Waals surface area contributed by atoms with Gasteiger partial charge in [0.2, 0.25) is 5.91 Å². The highest BCUT2D eigenvalue weighted by Crippen LogP contribution is 2.39. The first-order valence-electron chi connectivity index (χ1n) is 6.36. The highest BCUT2D eigenvalue weighted by Gasteiger charge is 2.42. The number of rotatable bonds is 2. The standard InChI is InChI=1S/C12H22N2OS/c13-10-12(4-1-2-5-12)11(15)14-6-3-8-16-9-7-14/h1-10,13H2. The maximum atomic E-state index is 12.5. The van der Waals surface area contributed by atoms with E-state index in [0.717, 1.165) is 38.1 Å². The van der Waals surface area contributed by atoms with Crippen LogP contribution in [0.2, 0.25) is 0 Å². The molecule has 1 amide bonds. The quantitative estimate of drug-likeness (QED) is 0.797. The number of hydrogen-bond acceptors (Lipinski definition) is 3. The predicted octanol–water partition coefficient (Wildman–Crippen LogP) is 1.47. The summed E-state index contributed by atoms with van der Waals surface area (Å²) in [5.74, 6) is 2.63. The van der Waals surface area contributed by atoms with Crippen LogP contribution in [-0.2, 0) is 4.79 Å². The van der Waals surface area contributed by atoms with Crippen molar-refractivity contribution in [3.8, 4) is 0 Å². The summed E-state index contributed by atoms with van der Waals surface area (Å²) in [5.41, 5.74) is 5.66. The summed E-state index contributed by atoms with van der Waals surface area (Å²) in [7, 11) is 0. The Morgan fingerprint density at radius 1 is 1.19 bits per heavy atom. The lowest BCUT2D eigenvalue weighted by molar-refractivity contribution is -0.141. The van der Waals surface area contributed by atoms with Crippen molar-refractivity contribution in [3.63, 3.8) is 0 Å². The average Bonchev–Trinajstić information content (AvgIpc) is 2.64. The van der Waals surface area contributed by atoms with E-state index in [4.69, 9.17) is 5.73 Å². The van der Waals surface area contributed by atoms with Gasteiger partial charge in [-0.3, -0.25) is 4.79 Å². The van der Waals surface area contributed by atoms with Gasteiger partial charge in [-0.2, -0.15) is 11.8 Å². The van der Waals surface area contributed by atoms with Crippen LogP contribution in [0.1, 0.15) is 32.1 Å². The van der Waals surface area contributed by atoms with E-state index in [1.54, 1.807) is 0 Å². The van der Waals surface area contributed by atoms with Gasteiger partial charge in [0, 0.05) is 25.4 Å². The van der Waals surface area contributed by atoms with E-state index in [-0.39, 0.29) is 5.41 Å². The molecule has 0 aromatic rings. The van der Waals surface area contributed by atoms with Crippen LogP contribution < -0.4 is 5.73 Å². The van der Waals surface area contributed by atoms with Gasteiger partial charge in [-0.15, -0.1) is 0 Å². The fraction of sp³-hybridized carbons (Fsp3) is 0.917. The minimum atomic E-state index is -0.199. The van der Waals surface area contributed by atoms with Crippen LogP contribution in [0.15, 0.2) is 0 Å². The molecular weight excluding hydrogens is 220 g/mol. The molecule has 0 bridgehead atoms. The minimum absolute atomic E-state index is 0.199. The number of nitrogens with zero attached hydrogens (tertiary/aromatic N) is 1. The van der Waals surface area contributed by atoms with Crippen molar-refractivity contribution in [2.75, 3.05) is 31.1 Å². The first-order valence-corrected chi connectivity index (χ1v) is 7.51. The molecule has 2 fully saturated rings. The van der Waals surface area contributed by atoms with E-state index in [2.05, 4.69) is 4.90 Å². The normalized spacial score (nSPS) is 25.4. The highest BCUT2D eigenvalue weighted by molar-refractivity contribution is 7.99. The summed E-state index contributed by atoms with van der Waals surface area (Å²) in [6.07, 6.45) is 5.49. The molecular formula is C12H22N2OS. The molecule has 0 spiro atoms. The third-order valence-electron chi connectivity index (χ3n) is 3.91. The van der Waals surface area contributed by atoms with Gasteiger partial charge in [-0.1, -0.05) is 12.8 Å². The molecule has 3 nitrogen and oxygen atoms in total. The number of thioether (sulfide) groups is 1. The van der Waals surface area contributed by atoms with Crippen molar-refractivity contribution in [2.24, 2.45) is 11.1 Å². The first kappa shape index (κ1) is 12.2. The Morgan fingerprint density at radius 2 is 1.94 bits per heavy atom. The zero-order chi connectivity index (χ0) is 11.4. The Balaban J connectivity index is 2.03. The largest absolute Gasteiger partial charge is 0.341 e. The van der Waals surface area contributed by atoms with E-state index in [9.17, 15) is 4.79 Å². The topological polar surface area (TPSA) is 46.3 Å². The molecule has 4 heteroatoms. The van der Waals surface area contributed by atoms with E-state index < -0.39 is 0 Å². The highest BCUT2D eigenvalue weighted by atomic mass is 32.2. The van der Waals surface area contributed by atoms with Gasteiger partial charge in [0.15, 0.2) is 0 Å². The molecule has 1 saturated carbocycles. The van der Waals surface area contributed by atoms with E-state index in [1.165, 1.54) is 18.6 Å². The van der Waals surface area contributed by atoms with Gasteiger partial charge in [0.05, 0.1) is 5.41 Å². The molecule has 16 heavy (non-hydrogen) atoms. The Hall–Kier alpha value is -0.220. The van der Waals surface area contributed by atoms with E-state index in [1.807, 2.05) is 11.8 Å². The maximum absolute atomic E-state index is 12.5. The zero-order valence-electron chi connectivity index (χ0n) is 9.91. The Labute approximate surface area is 102 Å². The number of nitrogens with two attached hydrogens (primary N) is 1. The summed E-state index contributed by atoms with van der Waals surface area (Å²) >= 11 is 1.96. The summed E-state index contributed by atoms with van der Waals surface area (Å²) in [6, 6.07) is 0. The summed E-state index contributed by atoms with van der Waals surface area (Å²) in [6.45, 7) is 2.40. The van der Waals surface area contributed by atoms with Gasteiger partial charge in [0.25, 0.3) is 0 Å². The zero-order valence-corrected chi connectivity index (χ0v) is 10.7. The van der Waals surface area contributed by atoms with Gasteiger partial charge in [-0.25, -0.2) is 0 Å². The fourth-order valence-corrected chi connectivity index (χ4v) is 3.73. The number of carbonyl (C=O) groups excluding carboxylic acids is 1. The second-order valence-corrected chi connectivity index (χ2v) is 6.17. The Bertz CT molecular complexity index is 243. The first-order chi connectivity index (χ1) is 7.78. The van der Waals surface area contributed by atoms with Crippen LogP contribution in [0.4, 0.5) is 0 Å². The van der Waals surface area contributed by atoms with Crippen LogP contribution in [0.25, 0.3) is 0 Å². The van der Waals surface area contributed by atoms with Crippen LogP contribution in [-0.4, -0.2) is 41.9 Å². The molecule has 1 heterocycles. The monoisotopic (exact) mass is 242 g/mol. The maximum Gasteiger partial charge on any atom is 0.230 e. The molecule has 0 atom stereocenters. The third kappa shape index (κ3) is 2.38. The van der Waals surface area contributed by atoms with Crippen LogP contribution in [0.5, 0.6) is 0 Å². The van der Waals surface area contributed by atoms with Gasteiger partial charge >= 0.3 is 0 Å². The minimum Gasteiger partial charge on any atom is -0.341 e. The number of hydrogen-bond donors (Lipinski definition) is 1. The van der Waals surface area contributed by atoms with E-state index in [0.29, 0.717) is 12.5 Å². The smallest absolute Gasteiger partial charge is 0.230 e. The predicted molar refractivity (Wildman–Crippen MR) is 68.5 cm³/mol. The second-order valence-electron chi connectivity index (χ2n) is 4.95. The molecule has 2 rings (SSSR count). The van der Waals surface area contributed by atoms with Gasteiger partial charge < -0.3 is 10.6 Å². The van der Waals surface area contributed by atoms with Gasteiger partial charge in [0.1, 0.15) is 0 Å². The molecule has 0 radical (unpaired) electrons. The lowest BCUT2D eigenvalue weighted by Gasteiger charge is -2.32. The lowest BCUT2D eigenvalue weighted by atomic mass is 9.84. The third-order valence-corrected chi connectivity index (χ3v) is 4.96. The van der Waals surface area contributed by atoms with Crippen molar-refractivity contribution in [3.05, 3.63) is 0 Å². The van der Waals surface area contributed by atoms with E-state index >= 15 is 0 Å². The molecule has 92 valence electrons. The van der Waals surface area contributed by atoms with Crippen molar-refractivity contribution in [2.45, 2.75) is 32.1 Å². The van der Waals surface area contributed by atoms with Crippen molar-refractivity contribution in [1.29, 1.82) is 0 Å². The second kappa shape index (κ2) is 5.41. The summed E-state index contributed by atoms with van der Waals surface area (Å²) < 4.78 is 0. The summed E-state index contributed by atoms with van der Waals surface area (Å²) in [4.78, 5) is 14.6. The Kier molecular flexibility index (Phi) is 4.14. The van der Waals surface area contributed by atoms with Crippen LogP contribution in [0.3, 0.4) is 0 Å². The number of carbonyl (C=O) groups is 1. The van der Waals surface area contributed by atoms with Gasteiger partial charge in [-0.05, 0) is 25.0 Å². The Morgan fingerprint density at radius 3 is 2.62 bits per heavy atom. The lowest BCUT2D eigenvalue weighted by Crippen LogP contribution is -2.47. The van der Waals surface area contributed by atoms with Crippen LogP contribution >= 0.6 is 11.8 Å². The summed E-state index contributed by atoms with van der Waals surface area (Å²) in [5, 5.41) is 0. The van der Waals surface area contributed by atoms with Crippen molar-refractivity contribution < 1.29 is 4.79 Å². The molecule has 0 unspecified atom stereocenters. The molecule has 1 aliphatic carbocycles. The van der Waals surface area contributed by atoms with Crippen molar-refractivity contribution >= 4 is 17.7 Å². The molecule has 1 aliphatic heterocycles. The molecule has 0 aromatic heterocycles. The SMILES string of the molecule is NCC1(C(=O)N2CCCSCC2)CCCC1. The number of amides is 1.